The van der Waals surface area contributed by atoms with E-state index in [1.807, 2.05) is 25.1 Å². The van der Waals surface area contributed by atoms with Gasteiger partial charge in [0.15, 0.2) is 0 Å². The summed E-state index contributed by atoms with van der Waals surface area (Å²) in [6.07, 6.45) is 2.94. The highest BCUT2D eigenvalue weighted by Crippen LogP contribution is 2.27. The Morgan fingerprint density at radius 2 is 1.78 bits per heavy atom. The predicted molar refractivity (Wildman–Crippen MR) is 107 cm³/mol. The molecule has 0 aliphatic heterocycles. The van der Waals surface area contributed by atoms with Crippen molar-refractivity contribution in [1.29, 1.82) is 0 Å². The van der Waals surface area contributed by atoms with E-state index >= 15 is 0 Å². The molecule has 0 unspecified atom stereocenters. The quantitative estimate of drug-likeness (QED) is 0.665. The molecule has 2 aromatic carbocycles. The number of carbonyl (C=O) groups is 1. The van der Waals surface area contributed by atoms with Gasteiger partial charge in [-0.25, -0.2) is 9.97 Å². The van der Waals surface area contributed by atoms with Crippen molar-refractivity contribution < 1.29 is 9.53 Å². The lowest BCUT2D eigenvalue weighted by Crippen LogP contribution is -2.14. The molecule has 0 atom stereocenters. The van der Waals surface area contributed by atoms with Crippen LogP contribution in [0.2, 0.25) is 5.02 Å². The van der Waals surface area contributed by atoms with Gasteiger partial charge in [0.25, 0.3) is 5.91 Å². The number of aromatic nitrogens is 2. The molecule has 0 bridgehead atoms. The van der Waals surface area contributed by atoms with Gasteiger partial charge in [0.1, 0.15) is 17.3 Å². The van der Waals surface area contributed by atoms with Crippen LogP contribution in [-0.2, 0) is 0 Å². The monoisotopic (exact) mass is 382 g/mol. The molecule has 1 heterocycles. The Kier molecular flexibility index (Phi) is 5.57. The molecule has 2 N–H and O–H groups in total. The van der Waals surface area contributed by atoms with Gasteiger partial charge in [0.2, 0.25) is 0 Å². The summed E-state index contributed by atoms with van der Waals surface area (Å²) in [4.78, 5) is 20.7. The Labute approximate surface area is 162 Å². The Morgan fingerprint density at radius 3 is 2.41 bits per heavy atom. The molecule has 0 spiro atoms. The molecular weight excluding hydrogens is 364 g/mol. The largest absolute Gasteiger partial charge is 0.495 e. The second-order valence-corrected chi connectivity index (χ2v) is 6.42. The van der Waals surface area contributed by atoms with Crippen molar-refractivity contribution in [3.63, 3.8) is 0 Å². The van der Waals surface area contributed by atoms with Crippen LogP contribution in [0.1, 0.15) is 21.6 Å². The number of amides is 1. The number of aryl methyl sites for hydroxylation is 2. The Bertz CT molecular complexity index is 974. The van der Waals surface area contributed by atoms with Crippen LogP contribution in [0.3, 0.4) is 0 Å². The van der Waals surface area contributed by atoms with Gasteiger partial charge < -0.3 is 15.4 Å². The van der Waals surface area contributed by atoms with Gasteiger partial charge in [0, 0.05) is 11.4 Å². The molecule has 138 valence electrons. The molecule has 1 amide bonds. The van der Waals surface area contributed by atoms with E-state index < -0.39 is 0 Å². The standard InChI is InChI=1S/C20H19ClN4O2/c1-12-4-5-14(8-13(12)2)24-19-11-22-17(10-23-19)20(26)25-15-6-7-18(27-3)16(21)9-15/h4-11H,1-3H3,(H,23,24)(H,25,26). The van der Waals surface area contributed by atoms with Crippen molar-refractivity contribution in [2.45, 2.75) is 13.8 Å². The van der Waals surface area contributed by atoms with E-state index in [1.54, 1.807) is 18.2 Å². The molecule has 6 nitrogen and oxygen atoms in total. The molecule has 27 heavy (non-hydrogen) atoms. The lowest BCUT2D eigenvalue weighted by atomic mass is 10.1. The van der Waals surface area contributed by atoms with Crippen LogP contribution in [0.5, 0.6) is 5.75 Å². The van der Waals surface area contributed by atoms with Gasteiger partial charge in [-0.05, 0) is 55.3 Å². The highest BCUT2D eigenvalue weighted by molar-refractivity contribution is 6.32. The first-order valence-electron chi connectivity index (χ1n) is 8.27. The predicted octanol–water partition coefficient (Wildman–Crippen LogP) is 4.75. The molecule has 0 aliphatic rings. The molecule has 0 radical (unpaired) electrons. The lowest BCUT2D eigenvalue weighted by molar-refractivity contribution is 0.102. The highest BCUT2D eigenvalue weighted by atomic mass is 35.5. The first kappa shape index (κ1) is 18.7. The number of rotatable bonds is 5. The van der Waals surface area contributed by atoms with Crippen LogP contribution in [-0.4, -0.2) is 23.0 Å². The van der Waals surface area contributed by atoms with Crippen LogP contribution >= 0.6 is 11.6 Å². The van der Waals surface area contributed by atoms with Gasteiger partial charge in [-0.1, -0.05) is 17.7 Å². The van der Waals surface area contributed by atoms with Crippen molar-refractivity contribution in [2.24, 2.45) is 0 Å². The molecule has 0 fully saturated rings. The summed E-state index contributed by atoms with van der Waals surface area (Å²) < 4.78 is 5.09. The number of nitrogens with zero attached hydrogens (tertiary/aromatic N) is 2. The summed E-state index contributed by atoms with van der Waals surface area (Å²) in [5.41, 5.74) is 4.06. The van der Waals surface area contributed by atoms with E-state index in [-0.39, 0.29) is 11.6 Å². The van der Waals surface area contributed by atoms with E-state index in [4.69, 9.17) is 16.3 Å². The SMILES string of the molecule is COc1ccc(NC(=O)c2cnc(Nc3ccc(C)c(C)c3)cn2)cc1Cl. The zero-order valence-corrected chi connectivity index (χ0v) is 16.0. The summed E-state index contributed by atoms with van der Waals surface area (Å²) in [5.74, 6) is 0.722. The van der Waals surface area contributed by atoms with Gasteiger partial charge in [-0.2, -0.15) is 0 Å². The van der Waals surface area contributed by atoms with Crippen LogP contribution in [0, 0.1) is 13.8 Å². The topological polar surface area (TPSA) is 76.1 Å². The molecule has 0 saturated carbocycles. The Morgan fingerprint density at radius 1 is 1.00 bits per heavy atom. The van der Waals surface area contributed by atoms with Gasteiger partial charge in [-0.3, -0.25) is 4.79 Å². The maximum Gasteiger partial charge on any atom is 0.275 e. The highest BCUT2D eigenvalue weighted by Gasteiger charge is 2.10. The van der Waals surface area contributed by atoms with Gasteiger partial charge >= 0.3 is 0 Å². The third kappa shape index (κ3) is 4.54. The second-order valence-electron chi connectivity index (χ2n) is 6.01. The first-order chi connectivity index (χ1) is 13.0. The normalized spacial score (nSPS) is 10.4. The van der Waals surface area contributed by atoms with E-state index in [0.717, 1.165) is 5.69 Å². The summed E-state index contributed by atoms with van der Waals surface area (Å²) >= 11 is 6.07. The third-order valence-corrected chi connectivity index (χ3v) is 4.37. The minimum absolute atomic E-state index is 0.201. The molecule has 1 aromatic heterocycles. The zero-order valence-electron chi connectivity index (χ0n) is 15.2. The van der Waals surface area contributed by atoms with Crippen molar-refractivity contribution in [3.8, 4) is 5.75 Å². The molecular formula is C20H19ClN4O2. The molecule has 3 rings (SSSR count). The second kappa shape index (κ2) is 8.05. The minimum Gasteiger partial charge on any atom is -0.495 e. The number of ether oxygens (including phenoxy) is 1. The summed E-state index contributed by atoms with van der Waals surface area (Å²) in [6, 6.07) is 11.0. The van der Waals surface area contributed by atoms with Crippen molar-refractivity contribution >= 4 is 34.7 Å². The summed E-state index contributed by atoms with van der Waals surface area (Å²) in [6.45, 7) is 4.10. The van der Waals surface area contributed by atoms with E-state index in [0.29, 0.717) is 22.3 Å². The number of nitrogens with one attached hydrogen (secondary N) is 2. The average Bonchev–Trinajstić information content (AvgIpc) is 2.65. The zero-order chi connectivity index (χ0) is 19.4. The maximum atomic E-state index is 12.3. The number of halogens is 1. The van der Waals surface area contributed by atoms with Crippen molar-refractivity contribution in [1.82, 2.24) is 9.97 Å². The van der Waals surface area contributed by atoms with Crippen molar-refractivity contribution in [3.05, 3.63) is 70.6 Å². The van der Waals surface area contributed by atoms with Crippen LogP contribution in [0.15, 0.2) is 48.8 Å². The lowest BCUT2D eigenvalue weighted by Gasteiger charge is -2.09. The fourth-order valence-electron chi connectivity index (χ4n) is 2.42. The van der Waals surface area contributed by atoms with Crippen LogP contribution in [0.4, 0.5) is 17.2 Å². The third-order valence-electron chi connectivity index (χ3n) is 4.07. The Balaban J connectivity index is 1.68. The first-order valence-corrected chi connectivity index (χ1v) is 8.65. The summed E-state index contributed by atoms with van der Waals surface area (Å²) in [5, 5.41) is 6.31. The number of methoxy groups -OCH3 is 1. The number of hydrogen-bond acceptors (Lipinski definition) is 5. The van der Waals surface area contributed by atoms with E-state index in [1.165, 1.54) is 30.6 Å². The Hall–Kier alpha value is -3.12. The molecule has 0 saturated heterocycles. The molecule has 3 aromatic rings. The van der Waals surface area contributed by atoms with E-state index in [9.17, 15) is 4.79 Å². The molecule has 0 aliphatic carbocycles. The fraction of sp³-hybridized carbons (Fsp3) is 0.150. The number of carbonyl (C=O) groups excluding carboxylic acids is 1. The van der Waals surface area contributed by atoms with Gasteiger partial charge in [0.05, 0.1) is 24.5 Å². The van der Waals surface area contributed by atoms with Crippen molar-refractivity contribution in [2.75, 3.05) is 17.7 Å². The fourth-order valence-corrected chi connectivity index (χ4v) is 2.67. The number of anilines is 3. The van der Waals surface area contributed by atoms with Crippen LogP contribution < -0.4 is 15.4 Å². The van der Waals surface area contributed by atoms with Gasteiger partial charge in [-0.15, -0.1) is 0 Å². The average molecular weight is 383 g/mol. The minimum atomic E-state index is -0.374. The maximum absolute atomic E-state index is 12.3. The van der Waals surface area contributed by atoms with Crippen LogP contribution in [0.25, 0.3) is 0 Å². The smallest absolute Gasteiger partial charge is 0.275 e. The van der Waals surface area contributed by atoms with E-state index in [2.05, 4.69) is 27.5 Å². The summed E-state index contributed by atoms with van der Waals surface area (Å²) in [7, 11) is 1.53. The number of benzene rings is 2. The number of hydrogen-bond donors (Lipinski definition) is 2. The molecule has 7 heteroatoms.